The Morgan fingerprint density at radius 3 is 2.29 bits per heavy atom. The van der Waals surface area contributed by atoms with Gasteiger partial charge in [0, 0.05) is 25.6 Å². The molecule has 1 atom stereocenters. The summed E-state index contributed by atoms with van der Waals surface area (Å²) in [6.45, 7) is 1.81. The molecule has 0 saturated heterocycles. The van der Waals surface area contributed by atoms with Crippen molar-refractivity contribution in [1.29, 1.82) is 0 Å². The van der Waals surface area contributed by atoms with Crippen LogP contribution in [0.1, 0.15) is 37.3 Å². The Labute approximate surface area is 206 Å². The SMILES string of the molecule is COc1ccc(CN(C(=O)CCc2ccc(S(=O)(=O)NC3CC3)cc2)[C@@H](C)C(=O)NCCO)cc1. The molecule has 1 aliphatic carbocycles. The number of nitrogens with zero attached hydrogens (tertiary/aromatic N) is 1. The second kappa shape index (κ2) is 12.1. The molecule has 2 amide bonds. The van der Waals surface area contributed by atoms with Gasteiger partial charge in [-0.15, -0.1) is 0 Å². The largest absolute Gasteiger partial charge is 0.497 e. The lowest BCUT2D eigenvalue weighted by molar-refractivity contribution is -0.140. The number of nitrogens with one attached hydrogen (secondary N) is 2. The predicted octanol–water partition coefficient (Wildman–Crippen LogP) is 1.59. The van der Waals surface area contributed by atoms with E-state index in [9.17, 15) is 18.0 Å². The number of aliphatic hydroxyl groups is 1. The molecule has 0 heterocycles. The number of rotatable bonds is 13. The van der Waals surface area contributed by atoms with Gasteiger partial charge >= 0.3 is 0 Å². The average molecular weight is 504 g/mol. The summed E-state index contributed by atoms with van der Waals surface area (Å²) in [5, 5.41) is 11.6. The van der Waals surface area contributed by atoms with Gasteiger partial charge in [0.1, 0.15) is 11.8 Å². The molecule has 3 N–H and O–H groups in total. The summed E-state index contributed by atoms with van der Waals surface area (Å²) >= 11 is 0. The maximum absolute atomic E-state index is 13.2. The van der Waals surface area contributed by atoms with Crippen LogP contribution in [0.3, 0.4) is 0 Å². The third-order valence-electron chi connectivity index (χ3n) is 5.85. The quantitative estimate of drug-likeness (QED) is 0.381. The van der Waals surface area contributed by atoms with Crippen LogP contribution in [0.15, 0.2) is 53.4 Å². The number of carbonyl (C=O) groups is 2. The third-order valence-corrected chi connectivity index (χ3v) is 7.39. The monoisotopic (exact) mass is 503 g/mol. The van der Waals surface area contributed by atoms with Gasteiger partial charge in [0.15, 0.2) is 0 Å². The molecule has 0 aromatic heterocycles. The lowest BCUT2D eigenvalue weighted by atomic mass is 10.1. The van der Waals surface area contributed by atoms with Crippen LogP contribution in [0.4, 0.5) is 0 Å². The zero-order valence-corrected chi connectivity index (χ0v) is 20.9. The van der Waals surface area contributed by atoms with Crippen molar-refractivity contribution in [2.75, 3.05) is 20.3 Å². The number of ether oxygens (including phenoxy) is 1. The number of aliphatic hydroxyl groups excluding tert-OH is 1. The number of aryl methyl sites for hydroxylation is 1. The van der Waals surface area contributed by atoms with E-state index in [1.807, 2.05) is 12.1 Å². The van der Waals surface area contributed by atoms with Crippen LogP contribution in [0, 0.1) is 0 Å². The Bertz CT molecular complexity index is 1100. The molecular formula is C25H33N3O6S. The number of carbonyl (C=O) groups excluding carboxylic acids is 2. The molecule has 1 fully saturated rings. The van der Waals surface area contributed by atoms with Gasteiger partial charge in [-0.2, -0.15) is 0 Å². The van der Waals surface area contributed by atoms with Gasteiger partial charge in [-0.3, -0.25) is 9.59 Å². The third kappa shape index (κ3) is 7.78. The Morgan fingerprint density at radius 1 is 1.09 bits per heavy atom. The summed E-state index contributed by atoms with van der Waals surface area (Å²) < 4.78 is 32.5. The van der Waals surface area contributed by atoms with E-state index in [4.69, 9.17) is 9.84 Å². The summed E-state index contributed by atoms with van der Waals surface area (Å²) in [6, 6.07) is 13.1. The molecule has 0 spiro atoms. The van der Waals surface area contributed by atoms with E-state index in [1.165, 1.54) is 4.90 Å². The highest BCUT2D eigenvalue weighted by molar-refractivity contribution is 7.89. The van der Waals surface area contributed by atoms with Crippen LogP contribution in [-0.2, 0) is 32.6 Å². The van der Waals surface area contributed by atoms with Crippen LogP contribution in [-0.4, -0.2) is 62.6 Å². The van der Waals surface area contributed by atoms with Gasteiger partial charge < -0.3 is 20.1 Å². The van der Waals surface area contributed by atoms with Gasteiger partial charge in [0.25, 0.3) is 0 Å². The van der Waals surface area contributed by atoms with E-state index in [2.05, 4.69) is 10.0 Å². The van der Waals surface area contributed by atoms with Crippen LogP contribution in [0.2, 0.25) is 0 Å². The number of methoxy groups -OCH3 is 1. The standard InChI is InChI=1S/C25H33N3O6S/c1-18(25(31)26-15-16-29)28(17-20-3-10-22(34-2)11-4-20)24(30)14-7-19-5-12-23(13-6-19)35(32,33)27-21-8-9-21/h3-6,10-13,18,21,27,29H,7-9,14-17H2,1-2H3,(H,26,31)/t18-/m0/s1. The summed E-state index contributed by atoms with van der Waals surface area (Å²) in [4.78, 5) is 27.4. The van der Waals surface area contributed by atoms with Crippen molar-refractivity contribution in [3.8, 4) is 5.75 Å². The van der Waals surface area contributed by atoms with Crippen molar-refractivity contribution in [3.63, 3.8) is 0 Å². The molecule has 35 heavy (non-hydrogen) atoms. The zero-order valence-electron chi connectivity index (χ0n) is 20.1. The van der Waals surface area contributed by atoms with Crippen LogP contribution in [0.5, 0.6) is 5.75 Å². The Balaban J connectivity index is 1.67. The van der Waals surface area contributed by atoms with Gasteiger partial charge in [0.2, 0.25) is 21.8 Å². The number of hydrogen-bond acceptors (Lipinski definition) is 6. The second-order valence-corrected chi connectivity index (χ2v) is 10.3. The lowest BCUT2D eigenvalue weighted by Gasteiger charge is -2.29. The first-order valence-electron chi connectivity index (χ1n) is 11.7. The number of benzene rings is 2. The van der Waals surface area contributed by atoms with Crippen molar-refractivity contribution < 1.29 is 27.9 Å². The Hall–Kier alpha value is -2.95. The van der Waals surface area contributed by atoms with E-state index in [0.29, 0.717) is 12.2 Å². The average Bonchev–Trinajstić information content (AvgIpc) is 3.67. The maximum atomic E-state index is 13.2. The number of amides is 2. The predicted molar refractivity (Wildman–Crippen MR) is 131 cm³/mol. The molecule has 3 rings (SSSR count). The molecule has 10 heteroatoms. The van der Waals surface area contributed by atoms with E-state index in [1.54, 1.807) is 50.4 Å². The first kappa shape index (κ1) is 26.7. The van der Waals surface area contributed by atoms with E-state index in [0.717, 1.165) is 24.0 Å². The number of sulfonamides is 1. The molecule has 190 valence electrons. The molecule has 0 bridgehead atoms. The molecule has 1 aliphatic rings. The van der Waals surface area contributed by atoms with Crippen LogP contribution in [0.25, 0.3) is 0 Å². The Morgan fingerprint density at radius 2 is 1.71 bits per heavy atom. The smallest absolute Gasteiger partial charge is 0.242 e. The fourth-order valence-corrected chi connectivity index (χ4v) is 4.86. The van der Waals surface area contributed by atoms with Crippen molar-refractivity contribution in [3.05, 3.63) is 59.7 Å². The van der Waals surface area contributed by atoms with E-state index in [-0.39, 0.29) is 48.9 Å². The summed E-state index contributed by atoms with van der Waals surface area (Å²) in [6.07, 6.45) is 2.28. The van der Waals surface area contributed by atoms with Crippen molar-refractivity contribution >= 4 is 21.8 Å². The molecule has 0 aliphatic heterocycles. The second-order valence-electron chi connectivity index (χ2n) is 8.60. The molecule has 0 unspecified atom stereocenters. The summed E-state index contributed by atoms with van der Waals surface area (Å²) in [7, 11) is -1.95. The fraction of sp³-hybridized carbons (Fsp3) is 0.440. The van der Waals surface area contributed by atoms with Crippen molar-refractivity contribution in [1.82, 2.24) is 14.9 Å². The summed E-state index contributed by atoms with van der Waals surface area (Å²) in [5.74, 6) is 0.136. The zero-order chi connectivity index (χ0) is 25.4. The van der Waals surface area contributed by atoms with Crippen LogP contribution < -0.4 is 14.8 Å². The minimum atomic E-state index is -3.52. The molecule has 9 nitrogen and oxygen atoms in total. The molecule has 0 radical (unpaired) electrons. The highest BCUT2D eigenvalue weighted by Gasteiger charge is 2.28. The molecular weight excluding hydrogens is 470 g/mol. The lowest BCUT2D eigenvalue weighted by Crippen LogP contribution is -2.48. The van der Waals surface area contributed by atoms with Gasteiger partial charge in [0.05, 0.1) is 18.6 Å². The van der Waals surface area contributed by atoms with Gasteiger partial charge in [-0.1, -0.05) is 24.3 Å². The molecule has 2 aromatic carbocycles. The molecule has 1 saturated carbocycles. The van der Waals surface area contributed by atoms with E-state index >= 15 is 0 Å². The Kier molecular flexibility index (Phi) is 9.25. The summed E-state index contributed by atoms with van der Waals surface area (Å²) in [5.41, 5.74) is 1.67. The maximum Gasteiger partial charge on any atom is 0.242 e. The highest BCUT2D eigenvalue weighted by atomic mass is 32.2. The highest BCUT2D eigenvalue weighted by Crippen LogP contribution is 2.22. The molecule has 2 aromatic rings. The van der Waals surface area contributed by atoms with Gasteiger partial charge in [-0.05, 0) is 61.6 Å². The minimum Gasteiger partial charge on any atom is -0.497 e. The fourth-order valence-electron chi connectivity index (χ4n) is 3.56. The van der Waals surface area contributed by atoms with Gasteiger partial charge in [-0.25, -0.2) is 13.1 Å². The first-order chi connectivity index (χ1) is 16.7. The number of hydrogen-bond donors (Lipinski definition) is 3. The topological polar surface area (TPSA) is 125 Å². The minimum absolute atomic E-state index is 0.0329. The first-order valence-corrected chi connectivity index (χ1v) is 13.1. The van der Waals surface area contributed by atoms with Crippen molar-refractivity contribution in [2.45, 2.75) is 56.1 Å². The van der Waals surface area contributed by atoms with E-state index < -0.39 is 16.1 Å². The van der Waals surface area contributed by atoms with Crippen LogP contribution >= 0.6 is 0 Å². The van der Waals surface area contributed by atoms with Crippen molar-refractivity contribution in [2.24, 2.45) is 0 Å². The normalized spacial score (nSPS) is 14.3.